The predicted molar refractivity (Wildman–Crippen MR) is 305 cm³/mol. The van der Waals surface area contributed by atoms with E-state index in [1.807, 2.05) is 67.6 Å². The summed E-state index contributed by atoms with van der Waals surface area (Å²) in [6.45, 7) is 33.0. The summed E-state index contributed by atoms with van der Waals surface area (Å²) in [4.78, 5) is 70.2. The van der Waals surface area contributed by atoms with E-state index in [0.29, 0.717) is 52.3 Å². The Morgan fingerprint density at radius 1 is 0.474 bits per heavy atom. The highest BCUT2D eigenvalue weighted by molar-refractivity contribution is 6.18. The fourth-order valence-electron chi connectivity index (χ4n) is 21.7. The summed E-state index contributed by atoms with van der Waals surface area (Å²) in [5, 5.41) is 0. The van der Waals surface area contributed by atoms with E-state index >= 15 is 0 Å². The van der Waals surface area contributed by atoms with Crippen molar-refractivity contribution in [1.82, 2.24) is 0 Å². The highest BCUT2D eigenvalue weighted by Crippen LogP contribution is 2.76. The van der Waals surface area contributed by atoms with Crippen LogP contribution in [-0.2, 0) is 24.6 Å². The van der Waals surface area contributed by atoms with Crippen LogP contribution in [-0.4, -0.2) is 28.9 Å². The first kappa shape index (κ1) is 53.7. The third kappa shape index (κ3) is 6.83. The SMILES string of the molecule is CC1CCC2(C)CCC3(C)C(=CC(=O)C4C5(C)C=CC(=O)C(C)(C(=O)c6ccccc6)C5CCC43C)C2C1C.CC1CCC2(C)CCC3(C)C(=CC(=O)C4C5(C)C=CC(=O)C(C)(c6ccccc6)C5CCC43C)C2C1C. The minimum Gasteiger partial charge on any atom is -0.294 e. The maximum absolute atomic E-state index is 14.5. The van der Waals surface area contributed by atoms with Crippen molar-refractivity contribution >= 4 is 28.9 Å². The van der Waals surface area contributed by atoms with E-state index in [0.717, 1.165) is 37.7 Å². The van der Waals surface area contributed by atoms with E-state index in [2.05, 4.69) is 120 Å². The van der Waals surface area contributed by atoms with Crippen molar-refractivity contribution < 1.29 is 24.0 Å². The van der Waals surface area contributed by atoms with Gasteiger partial charge in [0.25, 0.3) is 0 Å². The second kappa shape index (κ2) is 17.4. The van der Waals surface area contributed by atoms with Crippen LogP contribution in [0.4, 0.5) is 0 Å². The summed E-state index contributed by atoms with van der Waals surface area (Å²) >= 11 is 0. The molecule has 0 radical (unpaired) electrons. The van der Waals surface area contributed by atoms with Gasteiger partial charge in [-0.25, -0.2) is 0 Å². The third-order valence-corrected chi connectivity index (χ3v) is 27.1. The van der Waals surface area contributed by atoms with Gasteiger partial charge in [0.05, 0.1) is 10.8 Å². The van der Waals surface area contributed by atoms with Crippen LogP contribution in [0.2, 0.25) is 0 Å². The minimum absolute atomic E-state index is 0.0213. The van der Waals surface area contributed by atoms with Gasteiger partial charge in [-0.15, -0.1) is 0 Å². The number of benzene rings is 2. The molecule has 12 rings (SSSR count). The molecule has 0 aromatic heterocycles. The van der Waals surface area contributed by atoms with Gasteiger partial charge in [-0.3, -0.25) is 24.0 Å². The van der Waals surface area contributed by atoms with Crippen LogP contribution in [0.25, 0.3) is 0 Å². The molecule has 2 aromatic rings. The molecule has 2 aromatic carbocycles. The number of rotatable bonds is 3. The number of Topliss-reactive ketones (excluding diaryl/α,β-unsaturated/α-hetero) is 1. The Labute approximate surface area is 457 Å². The van der Waals surface area contributed by atoms with Gasteiger partial charge in [0.1, 0.15) is 0 Å². The van der Waals surface area contributed by atoms with Crippen molar-refractivity contribution in [2.75, 3.05) is 0 Å². The summed E-state index contributed by atoms with van der Waals surface area (Å²) < 4.78 is 0. The van der Waals surface area contributed by atoms with Crippen molar-refractivity contribution in [3.63, 3.8) is 0 Å². The number of fused-ring (bicyclic) bond motifs is 14. The Bertz CT molecular complexity index is 2910. The summed E-state index contributed by atoms with van der Waals surface area (Å²) in [6, 6.07) is 19.6. The Morgan fingerprint density at radius 2 is 0.895 bits per heavy atom. The lowest BCUT2D eigenvalue weighted by molar-refractivity contribution is -0.168. The van der Waals surface area contributed by atoms with Gasteiger partial charge >= 0.3 is 0 Å². The molecule has 0 heterocycles. The van der Waals surface area contributed by atoms with Crippen LogP contribution < -0.4 is 0 Å². The molecule has 406 valence electrons. The average molecular weight is 1030 g/mol. The van der Waals surface area contributed by atoms with Crippen molar-refractivity contribution in [3.05, 3.63) is 119 Å². The van der Waals surface area contributed by atoms with Gasteiger partial charge < -0.3 is 0 Å². The monoisotopic (exact) mass is 1020 g/mol. The van der Waals surface area contributed by atoms with Gasteiger partial charge in [0, 0.05) is 28.2 Å². The largest absolute Gasteiger partial charge is 0.294 e. The van der Waals surface area contributed by atoms with E-state index in [9.17, 15) is 24.0 Å². The predicted octanol–water partition coefficient (Wildman–Crippen LogP) is 16.2. The van der Waals surface area contributed by atoms with Crippen LogP contribution in [0.1, 0.15) is 190 Å². The quantitative estimate of drug-likeness (QED) is 0.226. The number of carbonyl (C=O) groups excluding carboxylic acids is 5. The highest BCUT2D eigenvalue weighted by atomic mass is 16.2. The topological polar surface area (TPSA) is 85.3 Å². The number of ketones is 5. The first-order valence-corrected chi connectivity index (χ1v) is 30.2. The fourth-order valence-corrected chi connectivity index (χ4v) is 21.7. The molecule has 5 heteroatoms. The average Bonchev–Trinajstić information content (AvgIpc) is 3.30. The van der Waals surface area contributed by atoms with Crippen molar-refractivity contribution in [2.45, 2.75) is 179 Å². The molecule has 0 spiro atoms. The van der Waals surface area contributed by atoms with Gasteiger partial charge in [-0.05, 0) is 201 Å². The minimum atomic E-state index is -1.17. The van der Waals surface area contributed by atoms with Crippen molar-refractivity contribution in [2.24, 2.45) is 108 Å². The van der Waals surface area contributed by atoms with Gasteiger partial charge in [-0.1, -0.05) is 167 Å². The van der Waals surface area contributed by atoms with E-state index in [1.165, 1.54) is 56.1 Å². The molecule has 10 aliphatic rings. The molecule has 76 heavy (non-hydrogen) atoms. The summed E-state index contributed by atoms with van der Waals surface area (Å²) in [5.74, 6) is 3.56. The number of hydrogen-bond donors (Lipinski definition) is 0. The molecule has 6 saturated carbocycles. The van der Waals surface area contributed by atoms with Gasteiger partial charge in [0.2, 0.25) is 0 Å². The zero-order valence-corrected chi connectivity index (χ0v) is 49.0. The first-order chi connectivity index (χ1) is 35.6. The van der Waals surface area contributed by atoms with Gasteiger partial charge in [0.15, 0.2) is 28.9 Å². The number of hydrogen-bond acceptors (Lipinski definition) is 5. The second-order valence-corrected chi connectivity index (χ2v) is 30.2. The second-order valence-electron chi connectivity index (χ2n) is 30.2. The van der Waals surface area contributed by atoms with E-state index in [-0.39, 0.29) is 79.3 Å². The summed E-state index contributed by atoms with van der Waals surface area (Å²) in [5.41, 5.74) is 2.09. The first-order valence-electron chi connectivity index (χ1n) is 30.2. The van der Waals surface area contributed by atoms with Crippen LogP contribution in [0.3, 0.4) is 0 Å². The Hall–Kier alpha value is -4.25. The van der Waals surface area contributed by atoms with Crippen molar-refractivity contribution in [1.29, 1.82) is 0 Å². The molecule has 5 nitrogen and oxygen atoms in total. The molecule has 0 amide bonds. The summed E-state index contributed by atoms with van der Waals surface area (Å²) in [7, 11) is 0. The summed E-state index contributed by atoms with van der Waals surface area (Å²) in [6.07, 6.45) is 25.4. The standard InChI is InChI=1S/C36H46O3.C35H46O2/c1-22-13-16-32(3)19-20-34(5)25(29(32)23(22)2)21-26(37)30-33(4)17-15-28(38)36(7,27(33)14-18-35(30,34)6)31(39)24-11-9-8-10-12-24;1-22-13-16-31(3)19-20-33(5)25(29(31)23(22)2)21-26(36)30-32(4)17-15-28(37)35(7,24-11-9-8-10-12-24)27(32)14-18-34(30,33)6/h8-12,15,17,21-23,27,29-30H,13-14,16,18-20H2,1-7H3;8-12,15,17,21-23,27,29-30H,13-14,16,18-20H2,1-7H3. The normalized spacial score (nSPS) is 49.8. The lowest BCUT2D eigenvalue weighted by Crippen LogP contribution is -2.66. The molecule has 0 bridgehead atoms. The maximum Gasteiger partial charge on any atom is 0.176 e. The fraction of sp³-hybridized carbons (Fsp3) is 0.648. The van der Waals surface area contributed by atoms with Crippen LogP contribution in [0.5, 0.6) is 0 Å². The van der Waals surface area contributed by atoms with Crippen LogP contribution in [0.15, 0.2) is 108 Å². The molecule has 0 N–H and O–H groups in total. The van der Waals surface area contributed by atoms with Crippen molar-refractivity contribution in [3.8, 4) is 0 Å². The molecule has 0 aliphatic heterocycles. The molecule has 6 fully saturated rings. The molecule has 10 aliphatic carbocycles. The Kier molecular flexibility index (Phi) is 12.3. The van der Waals surface area contributed by atoms with Crippen LogP contribution >= 0.6 is 0 Å². The molecular formula is C71H92O5. The van der Waals surface area contributed by atoms with Crippen LogP contribution in [0, 0.1) is 108 Å². The van der Waals surface area contributed by atoms with Gasteiger partial charge in [-0.2, -0.15) is 0 Å². The molecule has 20 atom stereocenters. The van der Waals surface area contributed by atoms with E-state index in [1.54, 1.807) is 6.08 Å². The lowest BCUT2D eigenvalue weighted by atomic mass is 9.33. The van der Waals surface area contributed by atoms with E-state index in [4.69, 9.17) is 0 Å². The highest BCUT2D eigenvalue weighted by Gasteiger charge is 2.73. The number of carbonyl (C=O) groups is 5. The smallest absolute Gasteiger partial charge is 0.176 e. The zero-order chi connectivity index (χ0) is 54.8. The number of allylic oxidation sites excluding steroid dienone is 8. The molecule has 20 unspecified atom stereocenters. The molecule has 0 saturated heterocycles. The molecular weight excluding hydrogens is 933 g/mol. The maximum atomic E-state index is 14.5. The Balaban J connectivity index is 0.000000162. The Morgan fingerprint density at radius 3 is 1.37 bits per heavy atom. The third-order valence-electron chi connectivity index (χ3n) is 27.1. The lowest BCUT2D eigenvalue weighted by Gasteiger charge is -2.69. The van der Waals surface area contributed by atoms with E-state index < -0.39 is 16.2 Å². The zero-order valence-electron chi connectivity index (χ0n) is 49.0.